The summed E-state index contributed by atoms with van der Waals surface area (Å²) in [4.78, 5) is 2.36. The standard InChI is InChI=1S/C18H34N2O2/c1-4-12-20(3)13-11-19-10-5-14-21-15-16-22-18-8-6-17(2)7-9-18/h6,8-9,17,19H,4-5,7,10-16H2,1-3H3. The van der Waals surface area contributed by atoms with E-state index in [1.807, 2.05) is 0 Å². The highest BCUT2D eigenvalue weighted by atomic mass is 16.5. The average Bonchev–Trinajstić information content (AvgIpc) is 2.51. The Hall–Kier alpha value is -0.840. The summed E-state index contributed by atoms with van der Waals surface area (Å²) in [5.41, 5.74) is 0. The Morgan fingerprint density at radius 1 is 1.23 bits per heavy atom. The van der Waals surface area contributed by atoms with Crippen LogP contribution in [0.1, 0.15) is 33.1 Å². The maximum atomic E-state index is 5.65. The van der Waals surface area contributed by atoms with E-state index in [2.05, 4.69) is 49.3 Å². The normalized spacial score (nSPS) is 17.8. The SMILES string of the molecule is CCCN(C)CCNCCCOCCOC1=CCC(C)C=C1. The number of hydrogen-bond acceptors (Lipinski definition) is 4. The molecular formula is C18H34N2O2. The molecule has 22 heavy (non-hydrogen) atoms. The van der Waals surface area contributed by atoms with E-state index in [4.69, 9.17) is 9.47 Å². The monoisotopic (exact) mass is 310 g/mol. The molecule has 0 heterocycles. The van der Waals surface area contributed by atoms with Crippen molar-refractivity contribution >= 4 is 0 Å². The van der Waals surface area contributed by atoms with Gasteiger partial charge in [0.1, 0.15) is 12.4 Å². The minimum atomic E-state index is 0.637. The number of nitrogens with zero attached hydrogens (tertiary/aromatic N) is 1. The van der Waals surface area contributed by atoms with Crippen molar-refractivity contribution in [3.05, 3.63) is 24.0 Å². The minimum absolute atomic E-state index is 0.637. The van der Waals surface area contributed by atoms with Gasteiger partial charge in [-0.1, -0.05) is 19.9 Å². The Kier molecular flexibility index (Phi) is 11.1. The maximum Gasteiger partial charge on any atom is 0.115 e. The van der Waals surface area contributed by atoms with Gasteiger partial charge < -0.3 is 19.7 Å². The first-order valence-corrected chi connectivity index (χ1v) is 8.70. The molecule has 0 aromatic carbocycles. The van der Waals surface area contributed by atoms with E-state index < -0.39 is 0 Å². The zero-order valence-corrected chi connectivity index (χ0v) is 14.6. The number of ether oxygens (including phenoxy) is 2. The molecule has 0 saturated heterocycles. The molecule has 0 spiro atoms. The average molecular weight is 310 g/mol. The second-order valence-corrected chi connectivity index (χ2v) is 6.05. The van der Waals surface area contributed by atoms with Crippen molar-refractivity contribution in [3.63, 3.8) is 0 Å². The number of rotatable bonds is 13. The second-order valence-electron chi connectivity index (χ2n) is 6.05. The quantitative estimate of drug-likeness (QED) is 0.530. The third kappa shape index (κ3) is 9.98. The van der Waals surface area contributed by atoms with Crippen molar-refractivity contribution in [2.75, 3.05) is 53.0 Å². The van der Waals surface area contributed by atoms with Gasteiger partial charge in [-0.05, 0) is 57.5 Å². The van der Waals surface area contributed by atoms with Gasteiger partial charge in [-0.15, -0.1) is 0 Å². The molecule has 4 heteroatoms. The van der Waals surface area contributed by atoms with Crippen LogP contribution in [-0.2, 0) is 9.47 Å². The summed E-state index contributed by atoms with van der Waals surface area (Å²) < 4.78 is 11.2. The van der Waals surface area contributed by atoms with Gasteiger partial charge in [-0.3, -0.25) is 0 Å². The van der Waals surface area contributed by atoms with E-state index in [0.29, 0.717) is 19.1 Å². The molecule has 1 unspecified atom stereocenters. The summed E-state index contributed by atoms with van der Waals surface area (Å²) in [5, 5.41) is 3.45. The van der Waals surface area contributed by atoms with E-state index in [0.717, 1.165) is 44.8 Å². The first-order chi connectivity index (χ1) is 10.7. The van der Waals surface area contributed by atoms with Crippen LogP contribution in [0.2, 0.25) is 0 Å². The lowest BCUT2D eigenvalue weighted by Gasteiger charge is -2.15. The van der Waals surface area contributed by atoms with Crippen LogP contribution in [-0.4, -0.2) is 57.9 Å². The fourth-order valence-corrected chi connectivity index (χ4v) is 2.32. The molecule has 1 atom stereocenters. The molecule has 128 valence electrons. The van der Waals surface area contributed by atoms with Crippen LogP contribution < -0.4 is 5.32 Å². The molecule has 0 aromatic rings. The Labute approximate surface area is 136 Å². The van der Waals surface area contributed by atoms with Gasteiger partial charge in [-0.2, -0.15) is 0 Å². The summed E-state index contributed by atoms with van der Waals surface area (Å²) in [5.74, 6) is 1.62. The van der Waals surface area contributed by atoms with Crippen molar-refractivity contribution in [2.45, 2.75) is 33.1 Å². The highest BCUT2D eigenvalue weighted by Crippen LogP contribution is 2.15. The number of allylic oxidation sites excluding steroid dienone is 3. The van der Waals surface area contributed by atoms with Crippen LogP contribution in [0.25, 0.3) is 0 Å². The predicted molar refractivity (Wildman–Crippen MR) is 93.0 cm³/mol. The lowest BCUT2D eigenvalue weighted by Crippen LogP contribution is -2.30. The van der Waals surface area contributed by atoms with E-state index >= 15 is 0 Å². The van der Waals surface area contributed by atoms with Gasteiger partial charge >= 0.3 is 0 Å². The van der Waals surface area contributed by atoms with E-state index in [1.54, 1.807) is 0 Å². The van der Waals surface area contributed by atoms with Crippen molar-refractivity contribution < 1.29 is 9.47 Å². The zero-order chi connectivity index (χ0) is 16.0. The molecule has 0 aliphatic heterocycles. The first-order valence-electron chi connectivity index (χ1n) is 8.70. The highest BCUT2D eigenvalue weighted by Gasteiger charge is 2.03. The van der Waals surface area contributed by atoms with Gasteiger partial charge in [-0.25, -0.2) is 0 Å². The molecule has 0 aromatic heterocycles. The van der Waals surface area contributed by atoms with Crippen molar-refractivity contribution in [2.24, 2.45) is 5.92 Å². The van der Waals surface area contributed by atoms with Crippen molar-refractivity contribution in [1.29, 1.82) is 0 Å². The molecule has 1 N–H and O–H groups in total. The molecule has 0 fully saturated rings. The van der Waals surface area contributed by atoms with Gasteiger partial charge in [0.05, 0.1) is 6.61 Å². The largest absolute Gasteiger partial charge is 0.492 e. The summed E-state index contributed by atoms with van der Waals surface area (Å²) in [6.45, 7) is 10.9. The lowest BCUT2D eigenvalue weighted by atomic mass is 10.0. The zero-order valence-electron chi connectivity index (χ0n) is 14.6. The third-order valence-electron chi connectivity index (χ3n) is 3.69. The topological polar surface area (TPSA) is 33.7 Å². The molecule has 1 rings (SSSR count). The number of hydrogen-bond donors (Lipinski definition) is 1. The Balaban J connectivity index is 1.81. The third-order valence-corrected chi connectivity index (χ3v) is 3.69. The Bertz CT molecular complexity index is 329. The van der Waals surface area contributed by atoms with Gasteiger partial charge in [0, 0.05) is 19.7 Å². The molecule has 0 radical (unpaired) electrons. The molecule has 0 amide bonds. The molecule has 4 nitrogen and oxygen atoms in total. The highest BCUT2D eigenvalue weighted by molar-refractivity contribution is 5.17. The summed E-state index contributed by atoms with van der Waals surface area (Å²) in [6.07, 6.45) is 9.76. The number of nitrogens with one attached hydrogen (secondary N) is 1. The Morgan fingerprint density at radius 3 is 2.82 bits per heavy atom. The number of likely N-dealkylation sites (N-methyl/N-ethyl adjacent to an activating group) is 1. The van der Waals surface area contributed by atoms with E-state index in [9.17, 15) is 0 Å². The van der Waals surface area contributed by atoms with Gasteiger partial charge in [0.15, 0.2) is 0 Å². The summed E-state index contributed by atoms with van der Waals surface area (Å²) >= 11 is 0. The van der Waals surface area contributed by atoms with Crippen LogP contribution in [0.5, 0.6) is 0 Å². The van der Waals surface area contributed by atoms with Crippen molar-refractivity contribution in [1.82, 2.24) is 10.2 Å². The Morgan fingerprint density at radius 2 is 2.09 bits per heavy atom. The van der Waals surface area contributed by atoms with E-state index in [1.165, 1.54) is 13.0 Å². The first kappa shape index (κ1) is 19.2. The van der Waals surface area contributed by atoms with Crippen LogP contribution in [0.4, 0.5) is 0 Å². The van der Waals surface area contributed by atoms with Gasteiger partial charge in [0.2, 0.25) is 0 Å². The molecule has 0 saturated carbocycles. The van der Waals surface area contributed by atoms with Crippen LogP contribution in [0.15, 0.2) is 24.0 Å². The van der Waals surface area contributed by atoms with Crippen molar-refractivity contribution in [3.8, 4) is 0 Å². The molecule has 1 aliphatic rings. The van der Waals surface area contributed by atoms with Crippen LogP contribution in [0.3, 0.4) is 0 Å². The predicted octanol–water partition coefficient (Wildman–Crippen LogP) is 2.82. The lowest BCUT2D eigenvalue weighted by molar-refractivity contribution is 0.0769. The minimum Gasteiger partial charge on any atom is -0.492 e. The summed E-state index contributed by atoms with van der Waals surface area (Å²) in [6, 6.07) is 0. The van der Waals surface area contributed by atoms with Crippen LogP contribution >= 0.6 is 0 Å². The fraction of sp³-hybridized carbons (Fsp3) is 0.778. The fourth-order valence-electron chi connectivity index (χ4n) is 2.32. The molecule has 0 bridgehead atoms. The van der Waals surface area contributed by atoms with Gasteiger partial charge in [0.25, 0.3) is 0 Å². The molecular weight excluding hydrogens is 276 g/mol. The van der Waals surface area contributed by atoms with Crippen LogP contribution in [0, 0.1) is 5.92 Å². The second kappa shape index (κ2) is 12.7. The van der Waals surface area contributed by atoms with E-state index in [-0.39, 0.29) is 0 Å². The maximum absolute atomic E-state index is 5.65. The summed E-state index contributed by atoms with van der Waals surface area (Å²) in [7, 11) is 2.17. The smallest absolute Gasteiger partial charge is 0.115 e. The molecule has 1 aliphatic carbocycles.